The van der Waals surface area contributed by atoms with E-state index < -0.39 is 5.60 Å². The molecule has 1 rings (SSSR count). The van der Waals surface area contributed by atoms with Crippen LogP contribution in [0.15, 0.2) is 30.3 Å². The maximum absolute atomic E-state index is 11.6. The SMILES string of the molecule is CCC(C)(O)CNC(=O)C=Cc1ccccc1OC. The van der Waals surface area contributed by atoms with Gasteiger partial charge in [-0.1, -0.05) is 25.1 Å². The first-order chi connectivity index (χ1) is 8.98. The number of para-hydroxylation sites is 1. The molecule has 4 nitrogen and oxygen atoms in total. The zero-order valence-corrected chi connectivity index (χ0v) is 11.6. The molecule has 0 saturated carbocycles. The highest BCUT2D eigenvalue weighted by atomic mass is 16.5. The molecule has 104 valence electrons. The summed E-state index contributed by atoms with van der Waals surface area (Å²) in [4.78, 5) is 11.6. The van der Waals surface area contributed by atoms with Crippen molar-refractivity contribution >= 4 is 12.0 Å². The van der Waals surface area contributed by atoms with Crippen LogP contribution in [0.4, 0.5) is 0 Å². The van der Waals surface area contributed by atoms with Gasteiger partial charge in [0.2, 0.25) is 5.91 Å². The number of aliphatic hydroxyl groups is 1. The summed E-state index contributed by atoms with van der Waals surface area (Å²) in [6.45, 7) is 3.80. The van der Waals surface area contributed by atoms with Crippen LogP contribution in [0.2, 0.25) is 0 Å². The Morgan fingerprint density at radius 1 is 1.47 bits per heavy atom. The molecule has 19 heavy (non-hydrogen) atoms. The lowest BCUT2D eigenvalue weighted by Gasteiger charge is -2.20. The van der Waals surface area contributed by atoms with Crippen molar-refractivity contribution in [1.82, 2.24) is 5.32 Å². The summed E-state index contributed by atoms with van der Waals surface area (Å²) in [5.74, 6) is 0.478. The third kappa shape index (κ3) is 5.14. The molecule has 0 aliphatic carbocycles. The number of carbonyl (C=O) groups is 1. The van der Waals surface area contributed by atoms with Gasteiger partial charge in [-0.15, -0.1) is 0 Å². The molecule has 0 bridgehead atoms. The van der Waals surface area contributed by atoms with E-state index >= 15 is 0 Å². The van der Waals surface area contributed by atoms with E-state index in [0.717, 1.165) is 5.56 Å². The molecule has 0 aromatic heterocycles. The summed E-state index contributed by atoms with van der Waals surface area (Å²) >= 11 is 0. The number of benzene rings is 1. The van der Waals surface area contributed by atoms with Crippen LogP contribution in [0.25, 0.3) is 6.08 Å². The Balaban J connectivity index is 2.59. The second-order valence-electron chi connectivity index (χ2n) is 4.64. The fraction of sp³-hybridized carbons (Fsp3) is 0.400. The largest absolute Gasteiger partial charge is 0.496 e. The van der Waals surface area contributed by atoms with E-state index in [9.17, 15) is 9.90 Å². The van der Waals surface area contributed by atoms with Gasteiger partial charge in [-0.25, -0.2) is 0 Å². The Morgan fingerprint density at radius 2 is 2.16 bits per heavy atom. The Hall–Kier alpha value is -1.81. The second-order valence-corrected chi connectivity index (χ2v) is 4.64. The van der Waals surface area contributed by atoms with Crippen molar-refractivity contribution in [3.8, 4) is 5.75 Å². The molecule has 0 aliphatic rings. The molecule has 4 heteroatoms. The van der Waals surface area contributed by atoms with Crippen LogP contribution in [0.1, 0.15) is 25.8 Å². The van der Waals surface area contributed by atoms with Gasteiger partial charge in [-0.3, -0.25) is 4.79 Å². The van der Waals surface area contributed by atoms with Gasteiger partial charge in [0, 0.05) is 18.2 Å². The molecule has 0 fully saturated rings. The van der Waals surface area contributed by atoms with Crippen molar-refractivity contribution < 1.29 is 14.6 Å². The molecule has 0 saturated heterocycles. The van der Waals surface area contributed by atoms with Crippen LogP contribution >= 0.6 is 0 Å². The maximum atomic E-state index is 11.6. The van der Waals surface area contributed by atoms with Crippen molar-refractivity contribution in [3.05, 3.63) is 35.9 Å². The summed E-state index contributed by atoms with van der Waals surface area (Å²) in [7, 11) is 1.59. The first-order valence-corrected chi connectivity index (χ1v) is 6.30. The normalized spacial score (nSPS) is 14.1. The minimum atomic E-state index is -0.867. The fourth-order valence-electron chi connectivity index (χ4n) is 1.43. The Kier molecular flexibility index (Phi) is 5.57. The average Bonchev–Trinajstić information content (AvgIpc) is 2.43. The number of hydrogen-bond donors (Lipinski definition) is 2. The van der Waals surface area contributed by atoms with Crippen LogP contribution < -0.4 is 10.1 Å². The molecule has 2 N–H and O–H groups in total. The first-order valence-electron chi connectivity index (χ1n) is 6.30. The summed E-state index contributed by atoms with van der Waals surface area (Å²) in [6, 6.07) is 7.45. The molecule has 0 heterocycles. The number of methoxy groups -OCH3 is 1. The number of hydrogen-bond acceptors (Lipinski definition) is 3. The minimum absolute atomic E-state index is 0.235. The molecule has 1 atom stereocenters. The van der Waals surface area contributed by atoms with E-state index in [-0.39, 0.29) is 12.5 Å². The Bertz CT molecular complexity index is 452. The van der Waals surface area contributed by atoms with Crippen LogP contribution in [-0.2, 0) is 4.79 Å². The van der Waals surface area contributed by atoms with Gasteiger partial charge < -0.3 is 15.2 Å². The van der Waals surface area contributed by atoms with E-state index in [1.54, 1.807) is 20.1 Å². The fourth-order valence-corrected chi connectivity index (χ4v) is 1.43. The van der Waals surface area contributed by atoms with Crippen molar-refractivity contribution in [2.24, 2.45) is 0 Å². The second kappa shape index (κ2) is 6.95. The van der Waals surface area contributed by atoms with Crippen LogP contribution in [0.5, 0.6) is 5.75 Å². The number of ether oxygens (including phenoxy) is 1. The van der Waals surface area contributed by atoms with Gasteiger partial charge in [-0.2, -0.15) is 0 Å². The quantitative estimate of drug-likeness (QED) is 0.772. The van der Waals surface area contributed by atoms with E-state index in [2.05, 4.69) is 5.32 Å². The smallest absolute Gasteiger partial charge is 0.244 e. The topological polar surface area (TPSA) is 58.6 Å². The molecule has 1 aromatic carbocycles. The molecule has 0 aliphatic heterocycles. The van der Waals surface area contributed by atoms with E-state index in [1.165, 1.54) is 6.08 Å². The van der Waals surface area contributed by atoms with Crippen LogP contribution in [-0.4, -0.2) is 30.3 Å². The summed E-state index contributed by atoms with van der Waals surface area (Å²) < 4.78 is 5.19. The van der Waals surface area contributed by atoms with E-state index in [1.807, 2.05) is 31.2 Å². The lowest BCUT2D eigenvalue weighted by atomic mass is 10.0. The highest BCUT2D eigenvalue weighted by Gasteiger charge is 2.17. The number of rotatable bonds is 6. The van der Waals surface area contributed by atoms with Gasteiger partial charge in [0.25, 0.3) is 0 Å². The Labute approximate surface area is 114 Å². The molecule has 1 amide bonds. The number of carbonyl (C=O) groups excluding carboxylic acids is 1. The van der Waals surface area contributed by atoms with Crippen molar-refractivity contribution in [2.45, 2.75) is 25.9 Å². The highest BCUT2D eigenvalue weighted by molar-refractivity contribution is 5.92. The predicted octanol–water partition coefficient (Wildman–Crippen LogP) is 1.99. The summed E-state index contributed by atoms with van der Waals surface area (Å²) in [5, 5.41) is 12.4. The van der Waals surface area contributed by atoms with Gasteiger partial charge in [0.15, 0.2) is 0 Å². The third-order valence-electron chi connectivity index (χ3n) is 2.96. The molecule has 1 aromatic rings. The molecule has 0 spiro atoms. The summed E-state index contributed by atoms with van der Waals surface area (Å²) in [5.41, 5.74) is -0.0316. The molecular weight excluding hydrogens is 242 g/mol. The lowest BCUT2D eigenvalue weighted by Crippen LogP contribution is -2.39. The van der Waals surface area contributed by atoms with Crippen molar-refractivity contribution in [3.63, 3.8) is 0 Å². The van der Waals surface area contributed by atoms with Crippen molar-refractivity contribution in [2.75, 3.05) is 13.7 Å². The monoisotopic (exact) mass is 263 g/mol. The highest BCUT2D eigenvalue weighted by Crippen LogP contribution is 2.18. The minimum Gasteiger partial charge on any atom is -0.496 e. The van der Waals surface area contributed by atoms with E-state index in [0.29, 0.717) is 12.2 Å². The van der Waals surface area contributed by atoms with Gasteiger partial charge in [0.1, 0.15) is 5.75 Å². The predicted molar refractivity (Wildman–Crippen MR) is 76.0 cm³/mol. The lowest BCUT2D eigenvalue weighted by molar-refractivity contribution is -0.117. The zero-order chi connectivity index (χ0) is 14.3. The third-order valence-corrected chi connectivity index (χ3v) is 2.96. The summed E-state index contributed by atoms with van der Waals surface area (Å²) in [6.07, 6.45) is 3.71. The number of nitrogens with one attached hydrogen (secondary N) is 1. The zero-order valence-electron chi connectivity index (χ0n) is 11.6. The van der Waals surface area contributed by atoms with Gasteiger partial charge in [-0.05, 0) is 25.5 Å². The number of amides is 1. The maximum Gasteiger partial charge on any atom is 0.244 e. The molecule has 1 unspecified atom stereocenters. The Morgan fingerprint density at radius 3 is 2.79 bits per heavy atom. The average molecular weight is 263 g/mol. The molecular formula is C15H21NO3. The van der Waals surface area contributed by atoms with Gasteiger partial charge in [0.05, 0.1) is 12.7 Å². The van der Waals surface area contributed by atoms with E-state index in [4.69, 9.17) is 4.74 Å². The molecule has 0 radical (unpaired) electrons. The van der Waals surface area contributed by atoms with Crippen molar-refractivity contribution in [1.29, 1.82) is 0 Å². The van der Waals surface area contributed by atoms with Crippen LogP contribution in [0, 0.1) is 0 Å². The van der Waals surface area contributed by atoms with Gasteiger partial charge >= 0.3 is 0 Å². The first kappa shape index (κ1) is 15.2. The standard InChI is InChI=1S/C15H21NO3/c1-4-15(2,18)11-16-14(17)10-9-12-7-5-6-8-13(12)19-3/h5-10,18H,4,11H2,1-3H3,(H,16,17). The van der Waals surface area contributed by atoms with Crippen LogP contribution in [0.3, 0.4) is 0 Å².